The number of carbonyl (C=O) groups is 1. The summed E-state index contributed by atoms with van der Waals surface area (Å²) in [4.78, 5) is 25.9. The summed E-state index contributed by atoms with van der Waals surface area (Å²) in [5.41, 5.74) is 3.52. The number of hydrogen-bond donors (Lipinski definition) is 2. The first kappa shape index (κ1) is 35.4. The number of fused-ring (bicyclic) bond motifs is 1. The number of alkyl halides is 3. The monoisotopic (exact) mass is 684 g/mol. The molecule has 1 saturated carbocycles. The molecule has 0 radical (unpaired) electrons. The van der Waals surface area contributed by atoms with E-state index in [0.717, 1.165) is 74.9 Å². The first-order valence-corrected chi connectivity index (χ1v) is 18.0. The summed E-state index contributed by atoms with van der Waals surface area (Å²) < 4.78 is 45.9. The van der Waals surface area contributed by atoms with Crippen molar-refractivity contribution in [2.24, 2.45) is 11.8 Å². The highest BCUT2D eigenvalue weighted by atomic mass is 19.4. The van der Waals surface area contributed by atoms with Gasteiger partial charge in [0, 0.05) is 55.6 Å². The molecule has 3 aliphatic rings. The van der Waals surface area contributed by atoms with Gasteiger partial charge in [0.15, 0.2) is 0 Å². The van der Waals surface area contributed by atoms with Crippen LogP contribution in [0.15, 0.2) is 36.7 Å². The molecule has 2 saturated heterocycles. The number of hydrogen-bond acceptors (Lipinski definition) is 7. The lowest BCUT2D eigenvalue weighted by molar-refractivity contribution is -0.131. The largest absolute Gasteiger partial charge is 0.444 e. The minimum atomic E-state index is -4.25. The van der Waals surface area contributed by atoms with Crippen molar-refractivity contribution in [3.63, 3.8) is 0 Å². The average molecular weight is 685 g/mol. The number of rotatable bonds is 8. The molecule has 1 amide bonds. The van der Waals surface area contributed by atoms with Crippen molar-refractivity contribution in [2.45, 2.75) is 109 Å². The number of nitrogens with zero attached hydrogens (tertiary/aromatic N) is 5. The second kappa shape index (κ2) is 14.8. The molecule has 0 bridgehead atoms. The quantitative estimate of drug-likeness (QED) is 0.250. The predicted molar refractivity (Wildman–Crippen MR) is 184 cm³/mol. The number of halogens is 3. The van der Waals surface area contributed by atoms with Crippen LogP contribution >= 0.6 is 0 Å². The molecule has 2 aliphatic heterocycles. The molecule has 0 unspecified atom stereocenters. The van der Waals surface area contributed by atoms with Gasteiger partial charge in [-0.25, -0.2) is 9.78 Å². The van der Waals surface area contributed by atoms with E-state index in [2.05, 4.69) is 55.2 Å². The third-order valence-corrected chi connectivity index (χ3v) is 10.5. The van der Waals surface area contributed by atoms with Crippen LogP contribution in [-0.4, -0.2) is 86.1 Å². The lowest BCUT2D eigenvalue weighted by Gasteiger charge is -2.40. The zero-order valence-corrected chi connectivity index (χ0v) is 29.0. The summed E-state index contributed by atoms with van der Waals surface area (Å²) >= 11 is 0. The van der Waals surface area contributed by atoms with E-state index >= 15 is 0 Å². The molecule has 9 nitrogen and oxygen atoms in total. The highest BCUT2D eigenvalue weighted by Crippen LogP contribution is 2.37. The van der Waals surface area contributed by atoms with Gasteiger partial charge in [-0.15, -0.1) is 0 Å². The first-order valence-electron chi connectivity index (χ1n) is 18.0. The number of aliphatic hydroxyl groups is 1. The van der Waals surface area contributed by atoms with Crippen molar-refractivity contribution in [1.29, 1.82) is 0 Å². The van der Waals surface area contributed by atoms with E-state index in [4.69, 9.17) is 4.74 Å². The number of ether oxygens (including phenoxy) is 1. The Kier molecular flexibility index (Phi) is 10.7. The van der Waals surface area contributed by atoms with Crippen molar-refractivity contribution < 1.29 is 27.8 Å². The Morgan fingerprint density at radius 3 is 2.18 bits per heavy atom. The van der Waals surface area contributed by atoms with Gasteiger partial charge >= 0.3 is 12.3 Å². The fourth-order valence-corrected chi connectivity index (χ4v) is 7.79. The average Bonchev–Trinajstić information content (AvgIpc) is 3.43. The molecule has 49 heavy (non-hydrogen) atoms. The maximum Gasteiger partial charge on any atom is 0.410 e. The molecule has 1 aliphatic carbocycles. The number of amides is 1. The van der Waals surface area contributed by atoms with Crippen LogP contribution in [-0.2, 0) is 11.3 Å². The molecule has 3 aromatic rings. The van der Waals surface area contributed by atoms with Crippen LogP contribution in [0.5, 0.6) is 0 Å². The highest BCUT2D eigenvalue weighted by Gasteiger charge is 2.33. The molecule has 12 heteroatoms. The Balaban J connectivity index is 1.07. The number of nitrogens with one attached hydrogen (secondary N) is 1. The van der Waals surface area contributed by atoms with Crippen molar-refractivity contribution in [1.82, 2.24) is 24.3 Å². The molecule has 0 spiro atoms. The Bertz CT molecular complexity index is 1550. The number of piperidine rings is 2. The number of anilines is 1. The van der Waals surface area contributed by atoms with E-state index in [1.54, 1.807) is 6.20 Å². The van der Waals surface area contributed by atoms with Crippen LogP contribution in [0.3, 0.4) is 0 Å². The fraction of sp³-hybridized carbons (Fsp3) is 0.649. The normalized spacial score (nSPS) is 22.1. The molecular weight excluding hydrogens is 633 g/mol. The summed E-state index contributed by atoms with van der Waals surface area (Å²) in [7, 11) is 0. The Morgan fingerprint density at radius 1 is 0.939 bits per heavy atom. The minimum Gasteiger partial charge on any atom is -0.444 e. The number of aromatic nitrogens is 3. The molecule has 3 fully saturated rings. The third-order valence-electron chi connectivity index (χ3n) is 10.5. The third kappa shape index (κ3) is 9.25. The Labute approximate surface area is 287 Å². The molecule has 2 aromatic heterocycles. The van der Waals surface area contributed by atoms with Gasteiger partial charge in [-0.1, -0.05) is 24.3 Å². The van der Waals surface area contributed by atoms with Crippen LogP contribution in [0, 0.1) is 11.8 Å². The second-order valence-electron chi connectivity index (χ2n) is 15.3. The van der Waals surface area contributed by atoms with Gasteiger partial charge in [0.25, 0.3) is 0 Å². The minimum absolute atomic E-state index is 0.150. The molecule has 268 valence electrons. The van der Waals surface area contributed by atoms with Crippen molar-refractivity contribution in [3.8, 4) is 11.1 Å². The Morgan fingerprint density at radius 2 is 1.57 bits per heavy atom. The maximum atomic E-state index is 12.7. The predicted octanol–water partition coefficient (Wildman–Crippen LogP) is 7.80. The fourth-order valence-electron chi connectivity index (χ4n) is 7.79. The SMILES string of the molecule is CC(C)(C)OC(=O)N1CCC(C2CCN(Cc3ccc(-c4cn([C@H]5CC[C@H](O)CC5)c5nc(NCCC(F)(F)F)ncc45)cc3)CC2)CC1. The molecule has 2 N–H and O–H groups in total. The second-order valence-corrected chi connectivity index (χ2v) is 15.3. The number of benzene rings is 1. The van der Waals surface area contributed by atoms with Gasteiger partial charge in [0.05, 0.1) is 12.5 Å². The maximum absolute atomic E-state index is 12.7. The van der Waals surface area contributed by atoms with Crippen molar-refractivity contribution >= 4 is 23.1 Å². The summed E-state index contributed by atoms with van der Waals surface area (Å²) in [6, 6.07) is 8.79. The van der Waals surface area contributed by atoms with E-state index < -0.39 is 18.2 Å². The van der Waals surface area contributed by atoms with Crippen LogP contribution < -0.4 is 5.32 Å². The molecular formula is C37H51F3N6O3. The lowest BCUT2D eigenvalue weighted by Crippen LogP contribution is -2.44. The topological polar surface area (TPSA) is 95.8 Å². The van der Waals surface area contributed by atoms with Crippen LogP contribution in [0.25, 0.3) is 22.2 Å². The van der Waals surface area contributed by atoms with Gasteiger partial charge < -0.3 is 24.6 Å². The smallest absolute Gasteiger partial charge is 0.410 e. The number of aliphatic hydroxyl groups excluding tert-OH is 1. The summed E-state index contributed by atoms with van der Waals surface area (Å²) in [5, 5.41) is 13.7. The van der Waals surface area contributed by atoms with Gasteiger partial charge in [0.1, 0.15) is 11.2 Å². The van der Waals surface area contributed by atoms with E-state index in [9.17, 15) is 23.1 Å². The van der Waals surface area contributed by atoms with E-state index in [-0.39, 0.29) is 30.7 Å². The van der Waals surface area contributed by atoms with Crippen molar-refractivity contribution in [3.05, 3.63) is 42.2 Å². The van der Waals surface area contributed by atoms with E-state index in [0.29, 0.717) is 30.3 Å². The standard InChI is InChI=1S/C37H51F3N6O3/c1-36(2,3)49-35(48)45-20-14-27(15-21-45)26-12-18-44(19-13-26)23-25-4-6-28(7-5-25)32-24-46(29-8-10-30(47)11-9-29)33-31(32)22-42-34(43-33)41-17-16-37(38,39)40/h4-7,22,24,26-27,29-30,47H,8-21,23H2,1-3H3,(H,41,42,43)/t29-,30-. The molecule has 1 aromatic carbocycles. The zero-order chi connectivity index (χ0) is 34.8. The van der Waals surface area contributed by atoms with Gasteiger partial charge in [0.2, 0.25) is 5.95 Å². The van der Waals surface area contributed by atoms with Gasteiger partial charge in [-0.05, 0) is 108 Å². The summed E-state index contributed by atoms with van der Waals surface area (Å²) in [6.45, 7) is 10.0. The molecule has 6 rings (SSSR count). The molecule has 0 atom stereocenters. The Hall–Kier alpha value is -3.38. The number of likely N-dealkylation sites (tertiary alicyclic amines) is 2. The van der Waals surface area contributed by atoms with E-state index in [1.165, 1.54) is 18.4 Å². The highest BCUT2D eigenvalue weighted by molar-refractivity contribution is 5.94. The molecule has 4 heterocycles. The van der Waals surface area contributed by atoms with E-state index in [1.807, 2.05) is 25.7 Å². The van der Waals surface area contributed by atoms with Crippen molar-refractivity contribution in [2.75, 3.05) is 38.0 Å². The van der Waals surface area contributed by atoms with Crippen LogP contribution in [0.1, 0.15) is 90.2 Å². The van der Waals surface area contributed by atoms with Gasteiger partial charge in [-0.3, -0.25) is 4.90 Å². The summed E-state index contributed by atoms with van der Waals surface area (Å²) in [5.74, 6) is 1.55. The van der Waals surface area contributed by atoms with Crippen LogP contribution in [0.4, 0.5) is 23.9 Å². The zero-order valence-electron chi connectivity index (χ0n) is 29.0. The van der Waals surface area contributed by atoms with Crippen LogP contribution in [0.2, 0.25) is 0 Å². The first-order chi connectivity index (χ1) is 23.3. The number of carbonyl (C=O) groups excluding carboxylic acids is 1. The van der Waals surface area contributed by atoms with Gasteiger partial charge in [-0.2, -0.15) is 18.2 Å². The summed E-state index contributed by atoms with van der Waals surface area (Å²) in [6.07, 6.45) is 5.60. The lowest BCUT2D eigenvalue weighted by atomic mass is 9.79.